The zero-order valence-corrected chi connectivity index (χ0v) is 14.5. The second-order valence-corrected chi connectivity index (χ2v) is 8.42. The number of hydrogen-bond acceptors (Lipinski definition) is 6. The third kappa shape index (κ3) is 3.49. The van der Waals surface area contributed by atoms with Crippen molar-refractivity contribution in [2.75, 3.05) is 37.4 Å². The van der Waals surface area contributed by atoms with Crippen LogP contribution in [0.25, 0.3) is 0 Å². The predicted octanol–water partition coefficient (Wildman–Crippen LogP) is 0.700. The van der Waals surface area contributed by atoms with Gasteiger partial charge >= 0.3 is 0 Å². The van der Waals surface area contributed by atoms with Crippen molar-refractivity contribution in [3.05, 3.63) is 17.6 Å². The highest BCUT2D eigenvalue weighted by Gasteiger charge is 2.37. The molecular weight excluding hydrogens is 316 g/mol. The first-order chi connectivity index (χ1) is 10.9. The van der Waals surface area contributed by atoms with E-state index < -0.39 is 10.0 Å². The first-order valence-corrected chi connectivity index (χ1v) is 9.91. The topological polar surface area (TPSA) is 86.6 Å². The summed E-state index contributed by atoms with van der Waals surface area (Å²) in [7, 11) is -3.19. The average molecular weight is 340 g/mol. The van der Waals surface area contributed by atoms with Crippen LogP contribution < -0.4 is 4.90 Å². The molecule has 1 N–H and O–H groups in total. The molecule has 1 atom stereocenters. The first kappa shape index (κ1) is 16.6. The molecule has 0 aromatic carbocycles. The molecule has 23 heavy (non-hydrogen) atoms. The summed E-state index contributed by atoms with van der Waals surface area (Å²) >= 11 is 0. The maximum Gasteiger partial charge on any atom is 0.211 e. The lowest BCUT2D eigenvalue weighted by Crippen LogP contribution is -2.45. The van der Waals surface area contributed by atoms with Gasteiger partial charge in [0.1, 0.15) is 11.6 Å². The molecule has 1 aromatic rings. The van der Waals surface area contributed by atoms with Gasteiger partial charge in [0.25, 0.3) is 0 Å². The lowest BCUT2D eigenvalue weighted by Gasteiger charge is -2.39. The van der Waals surface area contributed by atoms with Crippen molar-refractivity contribution in [2.45, 2.75) is 32.2 Å². The van der Waals surface area contributed by atoms with E-state index in [0.717, 1.165) is 43.9 Å². The Labute approximate surface area is 137 Å². The van der Waals surface area contributed by atoms with Crippen LogP contribution in [0.3, 0.4) is 0 Å². The Hall–Kier alpha value is -1.25. The number of aromatic nitrogens is 2. The number of sulfonamides is 1. The molecule has 0 spiro atoms. The number of piperidine rings is 1. The first-order valence-electron chi connectivity index (χ1n) is 8.06. The van der Waals surface area contributed by atoms with E-state index in [1.165, 1.54) is 10.6 Å². The Balaban J connectivity index is 1.80. The van der Waals surface area contributed by atoms with E-state index in [9.17, 15) is 13.5 Å². The zero-order chi connectivity index (χ0) is 16.6. The molecule has 1 aromatic heterocycles. The summed E-state index contributed by atoms with van der Waals surface area (Å²) in [6.07, 6.45) is 3.95. The van der Waals surface area contributed by atoms with Crippen molar-refractivity contribution in [1.29, 1.82) is 0 Å². The van der Waals surface area contributed by atoms with E-state index in [1.807, 2.05) is 13.0 Å². The quantitative estimate of drug-likeness (QED) is 0.868. The molecule has 128 valence electrons. The van der Waals surface area contributed by atoms with Gasteiger partial charge < -0.3 is 10.0 Å². The minimum Gasteiger partial charge on any atom is -0.396 e. The fourth-order valence-corrected chi connectivity index (χ4v) is 4.42. The number of hydrogen-bond donors (Lipinski definition) is 1. The summed E-state index contributed by atoms with van der Waals surface area (Å²) in [6.45, 7) is 4.37. The Morgan fingerprint density at radius 1 is 1.22 bits per heavy atom. The number of aryl methyl sites for hydroxylation is 1. The van der Waals surface area contributed by atoms with Gasteiger partial charge in [0.2, 0.25) is 10.0 Å². The van der Waals surface area contributed by atoms with Gasteiger partial charge in [-0.1, -0.05) is 0 Å². The Morgan fingerprint density at radius 3 is 2.43 bits per heavy atom. The van der Waals surface area contributed by atoms with E-state index in [-0.39, 0.29) is 12.6 Å². The summed E-state index contributed by atoms with van der Waals surface area (Å²) in [5.74, 6) is 1.91. The third-order valence-corrected chi connectivity index (χ3v) is 6.07. The number of anilines is 1. The molecule has 0 amide bonds. The smallest absolute Gasteiger partial charge is 0.211 e. The minimum atomic E-state index is -3.19. The standard InChI is InChI=1S/C15H24N4O3S/c1-11-16-13(14-5-8-19(14)23(2,21)22)9-15(17-11)18-6-3-12(10-20)4-7-18/h9,12,14,20H,3-8,10H2,1-2H3/t14-/m0/s1. The molecule has 3 heterocycles. The summed E-state index contributed by atoms with van der Waals surface area (Å²) in [5, 5.41) is 9.25. The van der Waals surface area contributed by atoms with Crippen LogP contribution in [0.4, 0.5) is 5.82 Å². The van der Waals surface area contributed by atoms with Crippen molar-refractivity contribution in [3.8, 4) is 0 Å². The van der Waals surface area contributed by atoms with Gasteiger partial charge in [-0.3, -0.25) is 0 Å². The number of aliphatic hydroxyl groups is 1. The molecule has 0 unspecified atom stereocenters. The van der Waals surface area contributed by atoms with Gasteiger partial charge in [-0.2, -0.15) is 4.31 Å². The molecule has 2 aliphatic heterocycles. The molecule has 8 heteroatoms. The van der Waals surface area contributed by atoms with Crippen LogP contribution in [-0.2, 0) is 10.0 Å². The Bertz CT molecular complexity index is 671. The molecule has 2 saturated heterocycles. The highest BCUT2D eigenvalue weighted by atomic mass is 32.2. The highest BCUT2D eigenvalue weighted by Crippen LogP contribution is 2.35. The summed E-state index contributed by atoms with van der Waals surface area (Å²) in [4.78, 5) is 11.2. The van der Waals surface area contributed by atoms with E-state index in [4.69, 9.17) is 0 Å². The van der Waals surface area contributed by atoms with Gasteiger partial charge in [0.15, 0.2) is 0 Å². The second kappa shape index (κ2) is 6.33. The van der Waals surface area contributed by atoms with Gasteiger partial charge in [-0.15, -0.1) is 0 Å². The van der Waals surface area contributed by atoms with Crippen LogP contribution >= 0.6 is 0 Å². The second-order valence-electron chi connectivity index (χ2n) is 6.49. The zero-order valence-electron chi connectivity index (χ0n) is 13.6. The van der Waals surface area contributed by atoms with Gasteiger partial charge in [0.05, 0.1) is 18.0 Å². The Morgan fingerprint density at radius 2 is 1.91 bits per heavy atom. The van der Waals surface area contributed by atoms with Crippen LogP contribution in [-0.4, -0.2) is 60.3 Å². The summed E-state index contributed by atoms with van der Waals surface area (Å²) < 4.78 is 25.1. The number of rotatable bonds is 4. The molecule has 0 saturated carbocycles. The Kier molecular flexibility index (Phi) is 4.57. The van der Waals surface area contributed by atoms with Crippen molar-refractivity contribution >= 4 is 15.8 Å². The van der Waals surface area contributed by atoms with E-state index in [0.29, 0.717) is 18.3 Å². The molecule has 7 nitrogen and oxygen atoms in total. The average Bonchev–Trinajstić information content (AvgIpc) is 2.44. The van der Waals surface area contributed by atoms with Gasteiger partial charge in [0, 0.05) is 32.3 Å². The van der Waals surface area contributed by atoms with Crippen LogP contribution in [0.5, 0.6) is 0 Å². The maximum absolute atomic E-state index is 11.8. The van der Waals surface area contributed by atoms with Gasteiger partial charge in [-0.05, 0) is 32.1 Å². The molecule has 2 aliphatic rings. The molecular formula is C15H24N4O3S. The van der Waals surface area contributed by atoms with Crippen molar-refractivity contribution in [3.63, 3.8) is 0 Å². The fourth-order valence-electron chi connectivity index (χ4n) is 3.31. The summed E-state index contributed by atoms with van der Waals surface area (Å²) in [6, 6.07) is 1.76. The largest absolute Gasteiger partial charge is 0.396 e. The van der Waals surface area contributed by atoms with E-state index in [2.05, 4.69) is 14.9 Å². The van der Waals surface area contributed by atoms with Crippen LogP contribution in [0.2, 0.25) is 0 Å². The molecule has 2 fully saturated rings. The molecule has 0 radical (unpaired) electrons. The van der Waals surface area contributed by atoms with Gasteiger partial charge in [-0.25, -0.2) is 18.4 Å². The lowest BCUT2D eigenvalue weighted by atomic mass is 9.97. The number of aliphatic hydroxyl groups excluding tert-OH is 1. The third-order valence-electron chi connectivity index (χ3n) is 4.78. The maximum atomic E-state index is 11.8. The van der Waals surface area contributed by atoms with E-state index >= 15 is 0 Å². The lowest BCUT2D eigenvalue weighted by molar-refractivity contribution is 0.198. The highest BCUT2D eigenvalue weighted by molar-refractivity contribution is 7.88. The minimum absolute atomic E-state index is 0.166. The number of nitrogens with zero attached hydrogens (tertiary/aromatic N) is 4. The molecule has 0 bridgehead atoms. The normalized spacial score (nSPS) is 23.8. The molecule has 0 aliphatic carbocycles. The molecule has 3 rings (SSSR count). The van der Waals surface area contributed by atoms with Crippen LogP contribution in [0.15, 0.2) is 6.07 Å². The fraction of sp³-hybridized carbons (Fsp3) is 0.733. The van der Waals surface area contributed by atoms with Crippen molar-refractivity contribution in [2.24, 2.45) is 5.92 Å². The van der Waals surface area contributed by atoms with Crippen molar-refractivity contribution < 1.29 is 13.5 Å². The van der Waals surface area contributed by atoms with Crippen LogP contribution in [0, 0.1) is 12.8 Å². The monoisotopic (exact) mass is 340 g/mol. The SMILES string of the molecule is Cc1nc([C@@H]2CCN2S(C)(=O)=O)cc(N2CCC(CO)CC2)n1. The van der Waals surface area contributed by atoms with Crippen LogP contribution in [0.1, 0.15) is 36.8 Å². The summed E-state index contributed by atoms with van der Waals surface area (Å²) in [5.41, 5.74) is 0.786. The predicted molar refractivity (Wildman–Crippen MR) is 87.7 cm³/mol. The van der Waals surface area contributed by atoms with Crippen molar-refractivity contribution in [1.82, 2.24) is 14.3 Å². The van der Waals surface area contributed by atoms with E-state index in [1.54, 1.807) is 0 Å².